The average Bonchev–Trinajstić information content (AvgIpc) is 2.68. The Kier molecular flexibility index (Phi) is 3.53. The number of nitrogens with two attached hydrogens (primary N) is 1. The van der Waals surface area contributed by atoms with Crippen LogP contribution in [-0.2, 0) is 6.42 Å². The van der Waals surface area contributed by atoms with Gasteiger partial charge in [-0.3, -0.25) is 4.90 Å². The predicted octanol–water partition coefficient (Wildman–Crippen LogP) is 2.69. The molecule has 2 nitrogen and oxygen atoms in total. The molecule has 2 rings (SSSR count). The van der Waals surface area contributed by atoms with Crippen LogP contribution in [-0.4, -0.2) is 24.5 Å². The molecule has 0 saturated carbocycles. The fraction of sp³-hybridized carbons (Fsp3) is 0.467. The normalized spacial score (nSPS) is 16.3. The molecular weight excluding hydrogens is 208 g/mol. The molecule has 17 heavy (non-hydrogen) atoms. The van der Waals surface area contributed by atoms with E-state index in [2.05, 4.69) is 43.9 Å². The van der Waals surface area contributed by atoms with Crippen molar-refractivity contribution in [3.8, 4) is 0 Å². The van der Waals surface area contributed by atoms with Gasteiger partial charge in [0.2, 0.25) is 0 Å². The van der Waals surface area contributed by atoms with Crippen molar-refractivity contribution in [2.24, 2.45) is 0 Å². The Morgan fingerprint density at radius 3 is 2.59 bits per heavy atom. The number of rotatable bonds is 3. The minimum Gasteiger partial charge on any atom is -0.399 e. The van der Waals surface area contributed by atoms with Crippen molar-refractivity contribution in [3.05, 3.63) is 40.5 Å². The minimum absolute atomic E-state index is 0.907. The summed E-state index contributed by atoms with van der Waals surface area (Å²) in [6, 6.07) is 4.33. The second-order valence-corrected chi connectivity index (χ2v) is 5.17. The molecule has 2 N–H and O–H groups in total. The van der Waals surface area contributed by atoms with E-state index < -0.39 is 0 Å². The Morgan fingerprint density at radius 2 is 1.94 bits per heavy atom. The Balaban J connectivity index is 1.97. The summed E-state index contributed by atoms with van der Waals surface area (Å²) in [5.41, 5.74) is 12.3. The molecule has 1 aromatic carbocycles. The van der Waals surface area contributed by atoms with E-state index in [4.69, 9.17) is 5.73 Å². The smallest absolute Gasteiger partial charge is 0.0346 e. The zero-order valence-corrected chi connectivity index (χ0v) is 11.1. The maximum atomic E-state index is 5.91. The molecule has 1 aromatic rings. The van der Waals surface area contributed by atoms with Gasteiger partial charge in [0.25, 0.3) is 0 Å². The lowest BCUT2D eigenvalue weighted by Crippen LogP contribution is -2.23. The highest BCUT2D eigenvalue weighted by Gasteiger charge is 2.11. The van der Waals surface area contributed by atoms with Gasteiger partial charge in [-0.05, 0) is 49.9 Å². The highest BCUT2D eigenvalue weighted by atomic mass is 15.1. The number of aryl methyl sites for hydroxylation is 2. The number of nitrogen functional groups attached to an aromatic ring is 1. The molecule has 0 unspecified atom stereocenters. The Hall–Kier alpha value is -1.28. The number of benzene rings is 1. The summed E-state index contributed by atoms with van der Waals surface area (Å²) in [5, 5.41) is 0. The molecule has 1 aliphatic rings. The van der Waals surface area contributed by atoms with Crippen molar-refractivity contribution in [1.82, 2.24) is 4.90 Å². The highest BCUT2D eigenvalue weighted by molar-refractivity contribution is 5.51. The molecule has 92 valence electrons. The summed E-state index contributed by atoms with van der Waals surface area (Å²) in [6.45, 7) is 9.82. The zero-order valence-electron chi connectivity index (χ0n) is 11.1. The Bertz CT molecular complexity index is 446. The first-order valence-corrected chi connectivity index (χ1v) is 6.30. The molecule has 0 aromatic heterocycles. The standard InChI is InChI=1S/C15H22N2/c1-11-4-6-17(10-11)7-5-14-8-13(3)15(16)9-12(14)2/h4,8-9H,5-7,10,16H2,1-3H3. The monoisotopic (exact) mass is 230 g/mol. The van der Waals surface area contributed by atoms with Crippen molar-refractivity contribution in [3.63, 3.8) is 0 Å². The number of hydrogen-bond donors (Lipinski definition) is 1. The van der Waals surface area contributed by atoms with Gasteiger partial charge in [-0.2, -0.15) is 0 Å². The topological polar surface area (TPSA) is 29.3 Å². The molecule has 0 amide bonds. The molecule has 1 heterocycles. The van der Waals surface area contributed by atoms with Crippen LogP contribution in [0.2, 0.25) is 0 Å². The second-order valence-electron chi connectivity index (χ2n) is 5.17. The van der Waals surface area contributed by atoms with Crippen LogP contribution < -0.4 is 5.73 Å². The fourth-order valence-corrected chi connectivity index (χ4v) is 2.38. The summed E-state index contributed by atoms with van der Waals surface area (Å²) >= 11 is 0. The van der Waals surface area contributed by atoms with Crippen LogP contribution in [0.25, 0.3) is 0 Å². The molecule has 0 atom stereocenters. The van der Waals surface area contributed by atoms with Crippen LogP contribution in [0.3, 0.4) is 0 Å². The third kappa shape index (κ3) is 2.89. The van der Waals surface area contributed by atoms with Gasteiger partial charge in [-0.1, -0.05) is 17.7 Å². The van der Waals surface area contributed by atoms with Gasteiger partial charge in [0.1, 0.15) is 0 Å². The van der Waals surface area contributed by atoms with Gasteiger partial charge in [0.15, 0.2) is 0 Å². The van der Waals surface area contributed by atoms with E-state index in [9.17, 15) is 0 Å². The average molecular weight is 230 g/mol. The number of nitrogens with zero attached hydrogens (tertiary/aromatic N) is 1. The molecule has 0 aliphatic carbocycles. The fourth-order valence-electron chi connectivity index (χ4n) is 2.38. The number of anilines is 1. The summed E-state index contributed by atoms with van der Waals surface area (Å²) in [5.74, 6) is 0. The van der Waals surface area contributed by atoms with Crippen molar-refractivity contribution in [2.75, 3.05) is 25.4 Å². The third-order valence-electron chi connectivity index (χ3n) is 3.59. The van der Waals surface area contributed by atoms with Crippen LogP contribution in [0.5, 0.6) is 0 Å². The van der Waals surface area contributed by atoms with E-state index in [1.54, 1.807) is 0 Å². The van der Waals surface area contributed by atoms with Crippen LogP contribution in [0.15, 0.2) is 23.8 Å². The first kappa shape index (κ1) is 12.2. The maximum Gasteiger partial charge on any atom is 0.0346 e. The molecule has 0 saturated heterocycles. The van der Waals surface area contributed by atoms with Gasteiger partial charge in [0, 0.05) is 25.3 Å². The van der Waals surface area contributed by atoms with Gasteiger partial charge >= 0.3 is 0 Å². The largest absolute Gasteiger partial charge is 0.399 e. The molecule has 0 bridgehead atoms. The molecule has 0 radical (unpaired) electrons. The van der Waals surface area contributed by atoms with Crippen LogP contribution in [0.4, 0.5) is 5.69 Å². The van der Waals surface area contributed by atoms with E-state index in [0.29, 0.717) is 0 Å². The Morgan fingerprint density at radius 1 is 1.18 bits per heavy atom. The van der Waals surface area contributed by atoms with E-state index in [0.717, 1.165) is 31.7 Å². The lowest BCUT2D eigenvalue weighted by molar-refractivity contribution is 0.353. The van der Waals surface area contributed by atoms with Gasteiger partial charge in [-0.25, -0.2) is 0 Å². The highest BCUT2D eigenvalue weighted by Crippen LogP contribution is 2.19. The van der Waals surface area contributed by atoms with Crippen molar-refractivity contribution in [2.45, 2.75) is 27.2 Å². The minimum atomic E-state index is 0.907. The van der Waals surface area contributed by atoms with Gasteiger partial charge < -0.3 is 5.73 Å². The summed E-state index contributed by atoms with van der Waals surface area (Å²) in [4.78, 5) is 2.49. The first-order valence-electron chi connectivity index (χ1n) is 6.30. The number of hydrogen-bond acceptors (Lipinski definition) is 2. The van der Waals surface area contributed by atoms with E-state index in [1.807, 2.05) is 0 Å². The van der Waals surface area contributed by atoms with Crippen LogP contribution in [0.1, 0.15) is 23.6 Å². The van der Waals surface area contributed by atoms with Crippen molar-refractivity contribution in [1.29, 1.82) is 0 Å². The predicted molar refractivity (Wildman–Crippen MR) is 74.2 cm³/mol. The van der Waals surface area contributed by atoms with Gasteiger partial charge in [-0.15, -0.1) is 0 Å². The van der Waals surface area contributed by atoms with E-state index >= 15 is 0 Å². The summed E-state index contributed by atoms with van der Waals surface area (Å²) in [7, 11) is 0. The zero-order chi connectivity index (χ0) is 12.4. The Labute approximate surface area is 104 Å². The van der Waals surface area contributed by atoms with Crippen molar-refractivity contribution < 1.29 is 0 Å². The molecule has 0 spiro atoms. The van der Waals surface area contributed by atoms with Crippen LogP contribution >= 0.6 is 0 Å². The quantitative estimate of drug-likeness (QED) is 0.639. The second kappa shape index (κ2) is 4.92. The third-order valence-corrected chi connectivity index (χ3v) is 3.59. The molecule has 1 aliphatic heterocycles. The SMILES string of the molecule is CC1=CCN(CCc2cc(C)c(N)cc2C)C1. The molecule has 0 fully saturated rings. The summed E-state index contributed by atoms with van der Waals surface area (Å²) in [6.07, 6.45) is 3.44. The van der Waals surface area contributed by atoms with E-state index in [-0.39, 0.29) is 0 Å². The van der Waals surface area contributed by atoms with Crippen LogP contribution in [0, 0.1) is 13.8 Å². The van der Waals surface area contributed by atoms with E-state index in [1.165, 1.54) is 22.3 Å². The molecule has 2 heteroatoms. The lowest BCUT2D eigenvalue weighted by atomic mass is 10.0. The van der Waals surface area contributed by atoms with Gasteiger partial charge in [0.05, 0.1) is 0 Å². The molecular formula is C15H22N2. The lowest BCUT2D eigenvalue weighted by Gasteiger charge is -2.17. The first-order chi connectivity index (χ1) is 8.06. The summed E-state index contributed by atoms with van der Waals surface area (Å²) < 4.78 is 0. The maximum absolute atomic E-state index is 5.91. The van der Waals surface area contributed by atoms with Crippen molar-refractivity contribution >= 4 is 5.69 Å².